The fourth-order valence-corrected chi connectivity index (χ4v) is 1.26. The van der Waals surface area contributed by atoms with E-state index in [1.807, 2.05) is 24.4 Å². The average molecular weight is 202 g/mol. The van der Waals surface area contributed by atoms with Crippen LogP contribution in [-0.2, 0) is 0 Å². The fraction of sp³-hybridized carbons (Fsp3) is 0. The lowest BCUT2D eigenvalue weighted by molar-refractivity contribution is 0.259. The number of amides is 2. The molecule has 0 aliphatic heterocycles. The summed E-state index contributed by atoms with van der Waals surface area (Å²) in [6.45, 7) is 0. The van der Waals surface area contributed by atoms with Gasteiger partial charge in [-0.05, 0) is 30.3 Å². The second-order valence-electron chi connectivity index (χ2n) is 2.99. The van der Waals surface area contributed by atoms with Crippen LogP contribution in [0.2, 0.25) is 0 Å². The molecule has 76 valence electrons. The van der Waals surface area contributed by atoms with Crippen LogP contribution in [0.1, 0.15) is 0 Å². The van der Waals surface area contributed by atoms with Crippen LogP contribution in [0.4, 0.5) is 10.5 Å². The highest BCUT2D eigenvalue weighted by molar-refractivity contribution is 5.87. The second kappa shape index (κ2) is 3.83. The molecule has 0 aliphatic carbocycles. The van der Waals surface area contributed by atoms with E-state index in [2.05, 4.69) is 10.4 Å². The van der Waals surface area contributed by atoms with E-state index < -0.39 is 6.03 Å². The van der Waals surface area contributed by atoms with Gasteiger partial charge in [-0.15, -0.1) is 0 Å². The predicted octanol–water partition coefficient (Wildman–Crippen LogP) is 1.36. The lowest BCUT2D eigenvalue weighted by Gasteiger charge is -2.04. The number of hydrogen-bond acceptors (Lipinski definition) is 2. The third kappa shape index (κ3) is 2.14. The largest absolute Gasteiger partial charge is 0.351 e. The van der Waals surface area contributed by atoms with Crippen molar-refractivity contribution in [3.05, 3.63) is 42.7 Å². The van der Waals surface area contributed by atoms with Gasteiger partial charge < -0.3 is 11.1 Å². The molecular weight excluding hydrogens is 192 g/mol. The first-order valence-corrected chi connectivity index (χ1v) is 4.42. The number of carbonyl (C=O) groups is 1. The standard InChI is InChI=1S/C10H10N4O/c11-10(15)13-8-2-4-9(5-3-8)14-7-1-6-12-14/h1-7H,(H3,11,13,15). The van der Waals surface area contributed by atoms with Crippen molar-refractivity contribution < 1.29 is 4.79 Å². The van der Waals surface area contributed by atoms with Crippen molar-refractivity contribution in [1.29, 1.82) is 0 Å². The van der Waals surface area contributed by atoms with Gasteiger partial charge in [0.25, 0.3) is 0 Å². The summed E-state index contributed by atoms with van der Waals surface area (Å²) in [6.07, 6.45) is 3.55. The predicted molar refractivity (Wildman–Crippen MR) is 56.8 cm³/mol. The van der Waals surface area contributed by atoms with Crippen molar-refractivity contribution in [3.63, 3.8) is 0 Å². The molecule has 3 N–H and O–H groups in total. The molecule has 0 spiro atoms. The van der Waals surface area contributed by atoms with Gasteiger partial charge in [0.1, 0.15) is 0 Å². The highest BCUT2D eigenvalue weighted by Gasteiger charge is 1.97. The summed E-state index contributed by atoms with van der Waals surface area (Å²) in [4.78, 5) is 10.6. The molecule has 0 saturated heterocycles. The van der Waals surface area contributed by atoms with Gasteiger partial charge in [0.05, 0.1) is 5.69 Å². The Morgan fingerprint density at radius 3 is 2.60 bits per heavy atom. The average Bonchev–Trinajstić information content (AvgIpc) is 2.71. The Morgan fingerprint density at radius 1 is 1.33 bits per heavy atom. The SMILES string of the molecule is NC(=O)Nc1ccc(-n2cccn2)cc1. The molecule has 15 heavy (non-hydrogen) atoms. The summed E-state index contributed by atoms with van der Waals surface area (Å²) in [5.41, 5.74) is 6.58. The minimum atomic E-state index is -0.568. The van der Waals surface area contributed by atoms with Gasteiger partial charge in [0.15, 0.2) is 0 Å². The molecule has 5 nitrogen and oxygen atoms in total. The third-order valence-corrected chi connectivity index (χ3v) is 1.90. The molecular formula is C10H10N4O. The van der Waals surface area contributed by atoms with Crippen LogP contribution < -0.4 is 11.1 Å². The second-order valence-corrected chi connectivity index (χ2v) is 2.99. The fourth-order valence-electron chi connectivity index (χ4n) is 1.26. The Hall–Kier alpha value is -2.30. The number of carbonyl (C=O) groups excluding carboxylic acids is 1. The molecule has 2 aromatic rings. The van der Waals surface area contributed by atoms with Gasteiger partial charge in [-0.3, -0.25) is 0 Å². The first-order chi connectivity index (χ1) is 7.25. The quantitative estimate of drug-likeness (QED) is 0.771. The highest BCUT2D eigenvalue weighted by atomic mass is 16.2. The van der Waals surface area contributed by atoms with E-state index in [1.165, 1.54) is 0 Å². The summed E-state index contributed by atoms with van der Waals surface area (Å²) < 4.78 is 1.73. The Balaban J connectivity index is 2.21. The minimum Gasteiger partial charge on any atom is -0.351 e. The van der Waals surface area contributed by atoms with E-state index in [1.54, 1.807) is 23.0 Å². The van der Waals surface area contributed by atoms with Crippen molar-refractivity contribution in [1.82, 2.24) is 9.78 Å². The molecule has 0 aliphatic rings. The zero-order valence-electron chi connectivity index (χ0n) is 7.92. The van der Waals surface area contributed by atoms with Crippen molar-refractivity contribution in [2.45, 2.75) is 0 Å². The van der Waals surface area contributed by atoms with E-state index in [0.717, 1.165) is 5.69 Å². The Kier molecular flexibility index (Phi) is 2.37. The summed E-state index contributed by atoms with van der Waals surface area (Å²) in [6, 6.07) is 8.50. The highest BCUT2D eigenvalue weighted by Crippen LogP contribution is 2.11. The van der Waals surface area contributed by atoms with Crippen LogP contribution in [0.3, 0.4) is 0 Å². The van der Waals surface area contributed by atoms with E-state index >= 15 is 0 Å². The van der Waals surface area contributed by atoms with Crippen LogP contribution in [0.25, 0.3) is 5.69 Å². The van der Waals surface area contributed by atoms with Crippen LogP contribution in [0, 0.1) is 0 Å². The number of hydrogen-bond donors (Lipinski definition) is 2. The van der Waals surface area contributed by atoms with Crippen molar-refractivity contribution >= 4 is 11.7 Å². The third-order valence-electron chi connectivity index (χ3n) is 1.90. The van der Waals surface area contributed by atoms with E-state index in [4.69, 9.17) is 5.73 Å². The number of aromatic nitrogens is 2. The van der Waals surface area contributed by atoms with Crippen molar-refractivity contribution in [3.8, 4) is 5.69 Å². The maximum atomic E-state index is 10.6. The van der Waals surface area contributed by atoms with Gasteiger partial charge in [-0.25, -0.2) is 9.48 Å². The molecule has 5 heteroatoms. The first-order valence-electron chi connectivity index (χ1n) is 4.42. The zero-order chi connectivity index (χ0) is 10.7. The lowest BCUT2D eigenvalue weighted by Crippen LogP contribution is -2.19. The number of rotatable bonds is 2. The number of primary amides is 1. The number of nitrogens with one attached hydrogen (secondary N) is 1. The molecule has 0 fully saturated rings. The van der Waals surface area contributed by atoms with Crippen LogP contribution in [-0.4, -0.2) is 15.8 Å². The molecule has 1 aromatic heterocycles. The maximum Gasteiger partial charge on any atom is 0.316 e. The molecule has 1 aromatic carbocycles. The Labute approximate surface area is 86.5 Å². The normalized spacial score (nSPS) is 9.87. The Morgan fingerprint density at radius 2 is 2.07 bits per heavy atom. The number of nitrogens with zero attached hydrogens (tertiary/aromatic N) is 2. The molecule has 0 bridgehead atoms. The van der Waals surface area contributed by atoms with Crippen LogP contribution >= 0.6 is 0 Å². The number of benzene rings is 1. The molecule has 2 rings (SSSR count). The Bertz CT molecular complexity index is 447. The lowest BCUT2D eigenvalue weighted by atomic mass is 10.3. The van der Waals surface area contributed by atoms with E-state index in [9.17, 15) is 4.79 Å². The summed E-state index contributed by atoms with van der Waals surface area (Å²) >= 11 is 0. The molecule has 0 saturated carbocycles. The molecule has 1 heterocycles. The number of anilines is 1. The van der Waals surface area contributed by atoms with Gasteiger partial charge in [0.2, 0.25) is 0 Å². The van der Waals surface area contributed by atoms with Gasteiger partial charge in [-0.1, -0.05) is 0 Å². The smallest absolute Gasteiger partial charge is 0.316 e. The van der Waals surface area contributed by atoms with E-state index in [0.29, 0.717) is 5.69 Å². The first kappa shape index (κ1) is 9.26. The van der Waals surface area contributed by atoms with E-state index in [-0.39, 0.29) is 0 Å². The van der Waals surface area contributed by atoms with Crippen LogP contribution in [0.5, 0.6) is 0 Å². The topological polar surface area (TPSA) is 72.9 Å². The molecule has 2 amide bonds. The van der Waals surface area contributed by atoms with Gasteiger partial charge in [0, 0.05) is 18.1 Å². The molecule has 0 atom stereocenters. The monoisotopic (exact) mass is 202 g/mol. The summed E-state index contributed by atoms with van der Waals surface area (Å²) in [7, 11) is 0. The van der Waals surface area contributed by atoms with Crippen LogP contribution in [0.15, 0.2) is 42.7 Å². The number of urea groups is 1. The number of nitrogens with two attached hydrogens (primary N) is 1. The maximum absolute atomic E-state index is 10.6. The minimum absolute atomic E-state index is 0.568. The van der Waals surface area contributed by atoms with Crippen molar-refractivity contribution in [2.75, 3.05) is 5.32 Å². The van der Waals surface area contributed by atoms with Gasteiger partial charge in [-0.2, -0.15) is 5.10 Å². The van der Waals surface area contributed by atoms with Gasteiger partial charge >= 0.3 is 6.03 Å². The molecule has 0 unspecified atom stereocenters. The summed E-state index contributed by atoms with van der Waals surface area (Å²) in [5.74, 6) is 0. The zero-order valence-corrected chi connectivity index (χ0v) is 7.92. The van der Waals surface area contributed by atoms with Crippen molar-refractivity contribution in [2.24, 2.45) is 5.73 Å². The molecule has 0 radical (unpaired) electrons. The summed E-state index contributed by atoms with van der Waals surface area (Å²) in [5, 5.41) is 6.57.